The predicted molar refractivity (Wildman–Crippen MR) is 107 cm³/mol. The minimum atomic E-state index is -1.22. The molecule has 1 aliphatic rings. The van der Waals surface area contributed by atoms with Crippen molar-refractivity contribution < 1.29 is 18.7 Å². The first-order chi connectivity index (χ1) is 14.0. The Morgan fingerprint density at radius 2 is 1.93 bits per heavy atom. The second kappa shape index (κ2) is 9.17. The molecule has 1 aliphatic heterocycles. The van der Waals surface area contributed by atoms with E-state index in [0.29, 0.717) is 25.9 Å². The second-order valence-electron chi connectivity index (χ2n) is 7.17. The van der Waals surface area contributed by atoms with Gasteiger partial charge in [0.2, 0.25) is 5.91 Å². The largest absolute Gasteiger partial charge is 0.467 e. The summed E-state index contributed by atoms with van der Waals surface area (Å²) in [5.41, 5.74) is -1.10. The number of likely N-dealkylation sites (tertiary alicyclic amines) is 1. The summed E-state index contributed by atoms with van der Waals surface area (Å²) >= 11 is 0. The van der Waals surface area contributed by atoms with E-state index in [2.05, 4.69) is 10.00 Å². The van der Waals surface area contributed by atoms with E-state index in [4.69, 9.17) is 4.74 Å². The van der Waals surface area contributed by atoms with Gasteiger partial charge in [-0.2, -0.15) is 5.10 Å². The first-order valence-electron chi connectivity index (χ1n) is 9.87. The molecule has 1 fully saturated rings. The average molecular weight is 402 g/mol. The third-order valence-electron chi connectivity index (χ3n) is 5.53. The molecule has 156 valence electrons. The maximum Gasteiger partial charge on any atom is 0.332 e. The van der Waals surface area contributed by atoms with E-state index >= 15 is 0 Å². The number of piperidine rings is 1. The number of hydrogen-bond donors (Lipinski definition) is 0. The van der Waals surface area contributed by atoms with E-state index in [1.807, 2.05) is 16.9 Å². The van der Waals surface area contributed by atoms with Crippen molar-refractivity contribution in [1.29, 1.82) is 0 Å². The van der Waals surface area contributed by atoms with Crippen molar-refractivity contribution in [1.82, 2.24) is 14.7 Å². The van der Waals surface area contributed by atoms with Gasteiger partial charge in [0.1, 0.15) is 11.4 Å². The van der Waals surface area contributed by atoms with Crippen LogP contribution in [0.1, 0.15) is 26.2 Å². The highest BCUT2D eigenvalue weighted by atomic mass is 19.1. The molecule has 0 unspecified atom stereocenters. The van der Waals surface area contributed by atoms with E-state index in [9.17, 15) is 14.0 Å². The van der Waals surface area contributed by atoms with Crippen LogP contribution in [0.4, 0.5) is 10.1 Å². The van der Waals surface area contributed by atoms with Gasteiger partial charge in [-0.05, 0) is 31.0 Å². The summed E-state index contributed by atoms with van der Waals surface area (Å²) in [6.45, 7) is 4.42. The Morgan fingerprint density at radius 3 is 2.52 bits per heavy atom. The molecular weight excluding hydrogens is 375 g/mol. The van der Waals surface area contributed by atoms with Crippen LogP contribution in [0.15, 0.2) is 42.7 Å². The van der Waals surface area contributed by atoms with Gasteiger partial charge >= 0.3 is 5.97 Å². The maximum absolute atomic E-state index is 14.6. The van der Waals surface area contributed by atoms with Crippen molar-refractivity contribution >= 4 is 17.6 Å². The van der Waals surface area contributed by atoms with E-state index in [1.54, 1.807) is 25.3 Å². The zero-order valence-electron chi connectivity index (χ0n) is 16.9. The lowest BCUT2D eigenvalue weighted by atomic mass is 9.84. The number of benzene rings is 1. The Morgan fingerprint density at radius 1 is 1.21 bits per heavy atom. The monoisotopic (exact) mass is 402 g/mol. The highest BCUT2D eigenvalue weighted by Gasteiger charge is 2.50. The molecule has 29 heavy (non-hydrogen) atoms. The number of anilines is 1. The Labute approximate surface area is 170 Å². The van der Waals surface area contributed by atoms with Crippen molar-refractivity contribution in [3.8, 4) is 0 Å². The van der Waals surface area contributed by atoms with Crippen molar-refractivity contribution in [3.05, 3.63) is 48.5 Å². The Bertz CT molecular complexity index is 832. The van der Waals surface area contributed by atoms with Crippen LogP contribution < -0.4 is 4.90 Å². The smallest absolute Gasteiger partial charge is 0.332 e. The molecule has 3 rings (SSSR count). The summed E-state index contributed by atoms with van der Waals surface area (Å²) in [5, 5.41) is 4.20. The summed E-state index contributed by atoms with van der Waals surface area (Å²) in [7, 11) is 1.31. The van der Waals surface area contributed by atoms with Crippen LogP contribution in [-0.2, 0) is 20.9 Å². The molecule has 1 amide bonds. The van der Waals surface area contributed by atoms with E-state index in [0.717, 1.165) is 13.1 Å². The van der Waals surface area contributed by atoms with Gasteiger partial charge in [0.25, 0.3) is 0 Å². The molecule has 2 aromatic rings. The fourth-order valence-electron chi connectivity index (χ4n) is 3.93. The summed E-state index contributed by atoms with van der Waals surface area (Å²) in [6.07, 6.45) is 4.55. The molecule has 0 saturated carbocycles. The number of aromatic nitrogens is 2. The van der Waals surface area contributed by atoms with Crippen molar-refractivity contribution in [2.45, 2.75) is 38.3 Å². The lowest BCUT2D eigenvalue weighted by Crippen LogP contribution is -2.63. The molecule has 1 aromatic carbocycles. The van der Waals surface area contributed by atoms with Crippen molar-refractivity contribution in [2.24, 2.45) is 0 Å². The standard InChI is InChI=1S/C21H27FN4O3/c1-3-19(27)26(18-8-5-4-7-17(18)22)21(20(28)29-2)9-13-24(14-10-21)15-16-25-12-6-11-23-25/h4-8,11-12H,3,9-10,13-16H2,1-2H3. The number of hydrogen-bond acceptors (Lipinski definition) is 5. The average Bonchev–Trinajstić information content (AvgIpc) is 3.27. The molecule has 1 saturated heterocycles. The second-order valence-corrected chi connectivity index (χ2v) is 7.17. The molecule has 8 heteroatoms. The summed E-state index contributed by atoms with van der Waals surface area (Å²) in [6, 6.07) is 7.95. The normalized spacial score (nSPS) is 16.4. The summed E-state index contributed by atoms with van der Waals surface area (Å²) < 4.78 is 21.6. The number of para-hydroxylation sites is 1. The fourth-order valence-corrected chi connectivity index (χ4v) is 3.93. The van der Waals surface area contributed by atoms with Crippen LogP contribution in [0, 0.1) is 5.82 Å². The summed E-state index contributed by atoms with van der Waals surface area (Å²) in [4.78, 5) is 29.3. The zero-order chi connectivity index (χ0) is 20.9. The predicted octanol–water partition coefficient (Wildman–Crippen LogP) is 2.47. The van der Waals surface area contributed by atoms with Crippen molar-refractivity contribution in [3.63, 3.8) is 0 Å². The van der Waals surface area contributed by atoms with E-state index in [1.165, 1.54) is 24.1 Å². The molecule has 0 N–H and O–H groups in total. The molecule has 2 heterocycles. The van der Waals surface area contributed by atoms with Gasteiger partial charge in [-0.15, -0.1) is 0 Å². The highest BCUT2D eigenvalue weighted by molar-refractivity contribution is 6.02. The number of nitrogens with zero attached hydrogens (tertiary/aromatic N) is 4. The van der Waals surface area contributed by atoms with Gasteiger partial charge in [0.05, 0.1) is 19.3 Å². The quantitative estimate of drug-likeness (QED) is 0.666. The van der Waals surface area contributed by atoms with Crippen LogP contribution in [0.2, 0.25) is 0 Å². The van der Waals surface area contributed by atoms with Crippen LogP contribution in [-0.4, -0.2) is 58.8 Å². The molecular formula is C21H27FN4O3. The van der Waals surface area contributed by atoms with Gasteiger partial charge in [-0.1, -0.05) is 19.1 Å². The lowest BCUT2D eigenvalue weighted by Gasteiger charge is -2.46. The maximum atomic E-state index is 14.6. The minimum absolute atomic E-state index is 0.120. The number of esters is 1. The Balaban J connectivity index is 1.85. The minimum Gasteiger partial charge on any atom is -0.467 e. The molecule has 7 nitrogen and oxygen atoms in total. The van der Waals surface area contributed by atoms with Gasteiger partial charge in [-0.3, -0.25) is 14.4 Å². The van der Waals surface area contributed by atoms with Gasteiger partial charge in [0, 0.05) is 38.4 Å². The molecule has 0 spiro atoms. The first-order valence-corrected chi connectivity index (χ1v) is 9.87. The molecule has 1 aromatic heterocycles. The molecule has 0 aliphatic carbocycles. The van der Waals surface area contributed by atoms with E-state index < -0.39 is 17.3 Å². The van der Waals surface area contributed by atoms with Crippen LogP contribution in [0.5, 0.6) is 0 Å². The molecule has 0 radical (unpaired) electrons. The fraction of sp³-hybridized carbons (Fsp3) is 0.476. The number of amides is 1. The van der Waals surface area contributed by atoms with Gasteiger partial charge < -0.3 is 9.64 Å². The topological polar surface area (TPSA) is 67.7 Å². The van der Waals surface area contributed by atoms with Crippen molar-refractivity contribution in [2.75, 3.05) is 31.6 Å². The lowest BCUT2D eigenvalue weighted by molar-refractivity contribution is -0.151. The number of methoxy groups -OCH3 is 1. The number of ether oxygens (including phenoxy) is 1. The number of halogens is 1. The Kier molecular flexibility index (Phi) is 6.64. The summed E-state index contributed by atoms with van der Waals surface area (Å²) in [5.74, 6) is -1.33. The number of carbonyl (C=O) groups is 2. The number of carbonyl (C=O) groups excluding carboxylic acids is 2. The first kappa shape index (κ1) is 21.0. The van der Waals surface area contributed by atoms with Gasteiger partial charge in [-0.25, -0.2) is 9.18 Å². The van der Waals surface area contributed by atoms with Gasteiger partial charge in [0.15, 0.2) is 0 Å². The van der Waals surface area contributed by atoms with E-state index in [-0.39, 0.29) is 18.0 Å². The zero-order valence-corrected chi connectivity index (χ0v) is 16.9. The van der Waals surface area contributed by atoms with Crippen LogP contribution >= 0.6 is 0 Å². The number of rotatable bonds is 7. The molecule has 0 bridgehead atoms. The molecule has 0 atom stereocenters. The van der Waals surface area contributed by atoms with Crippen LogP contribution in [0.25, 0.3) is 0 Å². The SMILES string of the molecule is CCC(=O)N(c1ccccc1F)C1(C(=O)OC)CCN(CCn2cccn2)CC1. The highest BCUT2D eigenvalue weighted by Crippen LogP contribution is 2.36. The third kappa shape index (κ3) is 4.32. The van der Waals surface area contributed by atoms with Crippen LogP contribution in [0.3, 0.4) is 0 Å². The third-order valence-corrected chi connectivity index (χ3v) is 5.53. The Hall–Kier alpha value is -2.74.